The summed E-state index contributed by atoms with van der Waals surface area (Å²) in [5, 5.41) is 6.63. The Morgan fingerprint density at radius 3 is 2.75 bits per heavy atom. The first-order valence-corrected chi connectivity index (χ1v) is 7.67. The molecular weight excluding hydrogens is 248 g/mol. The Hall–Kier alpha value is -1.35. The molecule has 0 saturated heterocycles. The molecule has 2 aliphatic rings. The van der Waals surface area contributed by atoms with Gasteiger partial charge in [-0.05, 0) is 35.8 Å². The van der Waals surface area contributed by atoms with Crippen LogP contribution in [0.25, 0.3) is 0 Å². The second-order valence-electron chi connectivity index (χ2n) is 6.85. The number of carbonyl (C=O) groups excluding carboxylic acids is 1. The van der Waals surface area contributed by atoms with E-state index in [-0.39, 0.29) is 17.4 Å². The molecule has 0 aromatic heterocycles. The van der Waals surface area contributed by atoms with Crippen molar-refractivity contribution in [1.82, 2.24) is 10.6 Å². The molecule has 1 aromatic rings. The molecular formula is C17H24N2O. The predicted molar refractivity (Wildman–Crippen MR) is 80.3 cm³/mol. The summed E-state index contributed by atoms with van der Waals surface area (Å²) in [6.07, 6.45) is 4.34. The van der Waals surface area contributed by atoms with Crippen LogP contribution < -0.4 is 10.6 Å². The van der Waals surface area contributed by atoms with Crippen LogP contribution in [0.1, 0.15) is 44.2 Å². The molecule has 2 N–H and O–H groups in total. The minimum atomic E-state index is -0.0821. The monoisotopic (exact) mass is 272 g/mol. The molecule has 2 atom stereocenters. The van der Waals surface area contributed by atoms with Gasteiger partial charge in [0.05, 0.1) is 6.04 Å². The van der Waals surface area contributed by atoms with Crippen LogP contribution in [0, 0.1) is 5.41 Å². The molecule has 1 aliphatic carbocycles. The van der Waals surface area contributed by atoms with Crippen LogP contribution in [-0.2, 0) is 17.8 Å². The van der Waals surface area contributed by atoms with E-state index in [9.17, 15) is 4.79 Å². The molecule has 3 rings (SSSR count). The van der Waals surface area contributed by atoms with E-state index in [0.29, 0.717) is 6.04 Å². The second kappa shape index (κ2) is 5.21. The zero-order chi connectivity index (χ0) is 14.2. The summed E-state index contributed by atoms with van der Waals surface area (Å²) in [5.74, 6) is 0.166. The van der Waals surface area contributed by atoms with Gasteiger partial charge in [0.25, 0.3) is 0 Å². The summed E-state index contributed by atoms with van der Waals surface area (Å²) >= 11 is 0. The standard InChI is InChI=1S/C17H24N2O/c1-17(2)9-5-8-15(17)19-16(20)14-10-12-6-3-4-7-13(12)11-18-14/h3-4,6-7,14-15,18H,5,8-11H2,1-2H3,(H,19,20)/t14-,15?/m0/s1. The van der Waals surface area contributed by atoms with Crippen molar-refractivity contribution in [2.45, 2.75) is 58.2 Å². The van der Waals surface area contributed by atoms with Gasteiger partial charge in [0.1, 0.15) is 0 Å². The Morgan fingerprint density at radius 2 is 2.05 bits per heavy atom. The fourth-order valence-electron chi connectivity index (χ4n) is 3.51. The molecule has 0 bridgehead atoms. The molecule has 1 aromatic carbocycles. The van der Waals surface area contributed by atoms with Gasteiger partial charge in [0.15, 0.2) is 0 Å². The zero-order valence-electron chi connectivity index (χ0n) is 12.4. The molecule has 1 heterocycles. The van der Waals surface area contributed by atoms with Crippen molar-refractivity contribution >= 4 is 5.91 Å². The Kier molecular flexibility index (Phi) is 3.55. The van der Waals surface area contributed by atoms with Gasteiger partial charge < -0.3 is 10.6 Å². The summed E-state index contributed by atoms with van der Waals surface area (Å²) < 4.78 is 0. The van der Waals surface area contributed by atoms with E-state index in [4.69, 9.17) is 0 Å². The highest BCUT2D eigenvalue weighted by molar-refractivity contribution is 5.82. The van der Waals surface area contributed by atoms with Crippen molar-refractivity contribution in [3.05, 3.63) is 35.4 Å². The molecule has 1 unspecified atom stereocenters. The SMILES string of the molecule is CC1(C)CCCC1NC(=O)[C@@H]1Cc2ccccc2CN1. The van der Waals surface area contributed by atoms with E-state index in [1.54, 1.807) is 0 Å². The molecule has 108 valence electrons. The highest BCUT2D eigenvalue weighted by Crippen LogP contribution is 2.37. The molecule has 0 spiro atoms. The zero-order valence-corrected chi connectivity index (χ0v) is 12.4. The van der Waals surface area contributed by atoms with Gasteiger partial charge in [0.2, 0.25) is 5.91 Å². The second-order valence-corrected chi connectivity index (χ2v) is 6.85. The molecule has 1 amide bonds. The van der Waals surface area contributed by atoms with E-state index < -0.39 is 0 Å². The predicted octanol–water partition coefficient (Wildman–Crippen LogP) is 2.40. The fourth-order valence-corrected chi connectivity index (χ4v) is 3.51. The minimum absolute atomic E-state index is 0.0821. The summed E-state index contributed by atoms with van der Waals surface area (Å²) in [6, 6.07) is 8.63. The Balaban J connectivity index is 1.65. The third kappa shape index (κ3) is 2.59. The van der Waals surface area contributed by atoms with Crippen LogP contribution >= 0.6 is 0 Å². The third-order valence-electron chi connectivity index (χ3n) is 4.97. The fraction of sp³-hybridized carbons (Fsp3) is 0.588. The molecule has 1 saturated carbocycles. The summed E-state index contributed by atoms with van der Waals surface area (Å²) in [7, 11) is 0. The number of hydrogen-bond acceptors (Lipinski definition) is 2. The molecule has 20 heavy (non-hydrogen) atoms. The van der Waals surface area contributed by atoms with E-state index in [0.717, 1.165) is 19.4 Å². The molecule has 3 heteroatoms. The first kappa shape index (κ1) is 13.6. The largest absolute Gasteiger partial charge is 0.351 e. The van der Waals surface area contributed by atoms with Crippen LogP contribution in [-0.4, -0.2) is 18.0 Å². The van der Waals surface area contributed by atoms with Crippen molar-refractivity contribution in [3.63, 3.8) is 0 Å². The van der Waals surface area contributed by atoms with E-state index in [2.05, 4.69) is 48.7 Å². The van der Waals surface area contributed by atoms with Crippen LogP contribution in [0.5, 0.6) is 0 Å². The number of benzene rings is 1. The van der Waals surface area contributed by atoms with E-state index in [1.165, 1.54) is 24.0 Å². The maximum atomic E-state index is 12.5. The lowest BCUT2D eigenvalue weighted by molar-refractivity contribution is -0.124. The van der Waals surface area contributed by atoms with Gasteiger partial charge in [0, 0.05) is 12.6 Å². The smallest absolute Gasteiger partial charge is 0.237 e. The lowest BCUT2D eigenvalue weighted by Crippen LogP contribution is -2.52. The number of hydrogen-bond donors (Lipinski definition) is 2. The Labute approximate surface area is 121 Å². The van der Waals surface area contributed by atoms with Crippen LogP contribution in [0.4, 0.5) is 0 Å². The van der Waals surface area contributed by atoms with Crippen LogP contribution in [0.15, 0.2) is 24.3 Å². The normalized spacial score (nSPS) is 27.9. The highest BCUT2D eigenvalue weighted by atomic mass is 16.2. The highest BCUT2D eigenvalue weighted by Gasteiger charge is 2.36. The van der Waals surface area contributed by atoms with Gasteiger partial charge in [-0.25, -0.2) is 0 Å². The lowest BCUT2D eigenvalue weighted by Gasteiger charge is -2.31. The average molecular weight is 272 g/mol. The topological polar surface area (TPSA) is 41.1 Å². The third-order valence-corrected chi connectivity index (χ3v) is 4.97. The summed E-state index contributed by atoms with van der Waals surface area (Å²) in [4.78, 5) is 12.5. The van der Waals surface area contributed by atoms with Crippen molar-refractivity contribution in [2.24, 2.45) is 5.41 Å². The number of carbonyl (C=O) groups is 1. The first-order valence-electron chi connectivity index (χ1n) is 7.67. The molecule has 0 radical (unpaired) electrons. The van der Waals surface area contributed by atoms with Crippen molar-refractivity contribution < 1.29 is 4.79 Å². The molecule has 3 nitrogen and oxygen atoms in total. The molecule has 1 fully saturated rings. The number of nitrogens with one attached hydrogen (secondary N) is 2. The lowest BCUT2D eigenvalue weighted by atomic mass is 9.87. The van der Waals surface area contributed by atoms with Crippen LogP contribution in [0.2, 0.25) is 0 Å². The van der Waals surface area contributed by atoms with Gasteiger partial charge >= 0.3 is 0 Å². The minimum Gasteiger partial charge on any atom is -0.351 e. The summed E-state index contributed by atoms with van der Waals surface area (Å²) in [6.45, 7) is 5.31. The van der Waals surface area contributed by atoms with Gasteiger partial charge in [-0.1, -0.05) is 44.5 Å². The van der Waals surface area contributed by atoms with Crippen molar-refractivity contribution in [1.29, 1.82) is 0 Å². The van der Waals surface area contributed by atoms with Crippen LogP contribution in [0.3, 0.4) is 0 Å². The first-order chi connectivity index (χ1) is 9.56. The maximum absolute atomic E-state index is 12.5. The average Bonchev–Trinajstić information content (AvgIpc) is 2.77. The number of fused-ring (bicyclic) bond motifs is 1. The van der Waals surface area contributed by atoms with Crippen molar-refractivity contribution in [3.8, 4) is 0 Å². The Morgan fingerprint density at radius 1 is 1.30 bits per heavy atom. The number of rotatable bonds is 2. The number of amides is 1. The van der Waals surface area contributed by atoms with E-state index in [1.807, 2.05) is 0 Å². The van der Waals surface area contributed by atoms with Gasteiger partial charge in [-0.3, -0.25) is 4.79 Å². The van der Waals surface area contributed by atoms with Gasteiger partial charge in [-0.2, -0.15) is 0 Å². The quantitative estimate of drug-likeness (QED) is 0.868. The maximum Gasteiger partial charge on any atom is 0.237 e. The Bertz CT molecular complexity index is 509. The molecule has 1 aliphatic heterocycles. The summed E-state index contributed by atoms with van der Waals surface area (Å²) in [5.41, 5.74) is 2.86. The van der Waals surface area contributed by atoms with Gasteiger partial charge in [-0.15, -0.1) is 0 Å². The van der Waals surface area contributed by atoms with Crippen molar-refractivity contribution in [2.75, 3.05) is 0 Å². The van der Waals surface area contributed by atoms with E-state index >= 15 is 0 Å².